The van der Waals surface area contributed by atoms with E-state index in [0.717, 1.165) is 18.5 Å². The summed E-state index contributed by atoms with van der Waals surface area (Å²) in [5, 5.41) is 19.3. The van der Waals surface area contributed by atoms with Crippen molar-refractivity contribution in [3.63, 3.8) is 0 Å². The van der Waals surface area contributed by atoms with E-state index in [4.69, 9.17) is 0 Å². The molecule has 1 aliphatic heterocycles. The molecule has 4 rings (SSSR count). The number of rotatable bonds is 2. The molecule has 1 saturated heterocycles. The highest BCUT2D eigenvalue weighted by molar-refractivity contribution is 6.02. The SMILES string of the molecule is O[C@H](c1c2ccccc2cc2ccccc12)[C@@H]1CCCCN1. The molecule has 2 atom stereocenters. The first-order valence-corrected chi connectivity index (χ1v) is 8.16. The highest BCUT2D eigenvalue weighted by Gasteiger charge is 2.25. The topological polar surface area (TPSA) is 32.3 Å². The van der Waals surface area contributed by atoms with Gasteiger partial charge in [-0.1, -0.05) is 55.0 Å². The molecule has 1 aliphatic rings. The summed E-state index contributed by atoms with van der Waals surface area (Å²) in [6.07, 6.45) is 2.98. The number of benzene rings is 3. The molecule has 1 fully saturated rings. The van der Waals surface area contributed by atoms with Gasteiger partial charge < -0.3 is 10.4 Å². The Kier molecular flexibility index (Phi) is 3.57. The minimum Gasteiger partial charge on any atom is -0.387 e. The third kappa shape index (κ3) is 2.29. The molecular formula is C20H21NO. The van der Waals surface area contributed by atoms with E-state index in [2.05, 4.69) is 59.9 Å². The number of piperidine rings is 1. The Bertz CT molecular complexity index is 751. The number of aliphatic hydroxyl groups excluding tert-OH is 1. The number of hydrogen-bond donors (Lipinski definition) is 2. The molecular weight excluding hydrogens is 270 g/mol. The number of nitrogens with one attached hydrogen (secondary N) is 1. The van der Waals surface area contributed by atoms with E-state index >= 15 is 0 Å². The lowest BCUT2D eigenvalue weighted by Crippen LogP contribution is -2.38. The second-order valence-electron chi connectivity index (χ2n) is 6.23. The van der Waals surface area contributed by atoms with Gasteiger partial charge in [0.2, 0.25) is 0 Å². The van der Waals surface area contributed by atoms with Crippen molar-refractivity contribution >= 4 is 21.5 Å². The predicted octanol–water partition coefficient (Wildman–Crippen LogP) is 4.17. The van der Waals surface area contributed by atoms with Gasteiger partial charge in [0.15, 0.2) is 0 Å². The molecule has 2 N–H and O–H groups in total. The van der Waals surface area contributed by atoms with Gasteiger partial charge in [-0.3, -0.25) is 0 Å². The zero-order valence-electron chi connectivity index (χ0n) is 12.6. The second kappa shape index (κ2) is 5.71. The fraction of sp³-hybridized carbons (Fsp3) is 0.300. The monoisotopic (exact) mass is 291 g/mol. The third-order valence-corrected chi connectivity index (χ3v) is 4.84. The van der Waals surface area contributed by atoms with Crippen LogP contribution in [0.1, 0.15) is 30.9 Å². The summed E-state index contributed by atoms with van der Waals surface area (Å²) >= 11 is 0. The zero-order chi connectivity index (χ0) is 14.9. The van der Waals surface area contributed by atoms with E-state index in [1.807, 2.05) is 0 Å². The van der Waals surface area contributed by atoms with Crippen LogP contribution in [0.3, 0.4) is 0 Å². The molecule has 0 unspecified atom stereocenters. The summed E-state index contributed by atoms with van der Waals surface area (Å²) in [5.41, 5.74) is 1.08. The van der Waals surface area contributed by atoms with E-state index < -0.39 is 6.10 Å². The van der Waals surface area contributed by atoms with Gasteiger partial charge in [-0.2, -0.15) is 0 Å². The summed E-state index contributed by atoms with van der Waals surface area (Å²) in [5.74, 6) is 0. The standard InChI is InChI=1S/C20H21NO/c22-20(18-11-5-6-12-21-18)19-16-9-3-1-7-14(16)13-15-8-2-4-10-17(15)19/h1-4,7-10,13,18,20-22H,5-6,11-12H2/t18-,20-/m0/s1. The molecule has 0 spiro atoms. The van der Waals surface area contributed by atoms with Crippen molar-refractivity contribution in [3.8, 4) is 0 Å². The molecule has 0 bridgehead atoms. The van der Waals surface area contributed by atoms with Crippen LogP contribution in [0, 0.1) is 0 Å². The molecule has 0 saturated carbocycles. The maximum Gasteiger partial charge on any atom is 0.0954 e. The van der Waals surface area contributed by atoms with Crippen LogP contribution in [-0.4, -0.2) is 17.7 Å². The fourth-order valence-electron chi connectivity index (χ4n) is 3.72. The molecule has 2 nitrogen and oxygen atoms in total. The number of aliphatic hydroxyl groups is 1. The normalized spacial score (nSPS) is 20.3. The van der Waals surface area contributed by atoms with E-state index in [9.17, 15) is 5.11 Å². The summed E-state index contributed by atoms with van der Waals surface area (Å²) in [7, 11) is 0. The smallest absolute Gasteiger partial charge is 0.0954 e. The van der Waals surface area contributed by atoms with Gasteiger partial charge in [-0.15, -0.1) is 0 Å². The molecule has 1 heterocycles. The first-order valence-electron chi connectivity index (χ1n) is 8.16. The Labute approximate surface area is 130 Å². The van der Waals surface area contributed by atoms with Crippen molar-refractivity contribution in [3.05, 3.63) is 60.2 Å². The first kappa shape index (κ1) is 13.7. The first-order chi connectivity index (χ1) is 10.8. The maximum absolute atomic E-state index is 11.1. The van der Waals surface area contributed by atoms with Crippen molar-refractivity contribution in [1.29, 1.82) is 0 Å². The average molecular weight is 291 g/mol. The van der Waals surface area contributed by atoms with Crippen LogP contribution < -0.4 is 5.32 Å². The average Bonchev–Trinajstić information content (AvgIpc) is 2.60. The molecule has 22 heavy (non-hydrogen) atoms. The molecule has 3 aromatic carbocycles. The van der Waals surface area contributed by atoms with E-state index in [-0.39, 0.29) is 6.04 Å². The Balaban J connectivity index is 1.95. The van der Waals surface area contributed by atoms with Crippen LogP contribution in [0.2, 0.25) is 0 Å². The Morgan fingerprint density at radius 1 is 0.909 bits per heavy atom. The number of hydrogen-bond acceptors (Lipinski definition) is 2. The lowest BCUT2D eigenvalue weighted by atomic mass is 9.88. The van der Waals surface area contributed by atoms with Gasteiger partial charge in [-0.25, -0.2) is 0 Å². The molecule has 0 radical (unpaired) electrons. The van der Waals surface area contributed by atoms with Crippen molar-refractivity contribution in [2.45, 2.75) is 31.4 Å². The predicted molar refractivity (Wildman–Crippen MR) is 92.1 cm³/mol. The van der Waals surface area contributed by atoms with Crippen LogP contribution in [-0.2, 0) is 0 Å². The summed E-state index contributed by atoms with van der Waals surface area (Å²) < 4.78 is 0. The van der Waals surface area contributed by atoms with Gasteiger partial charge in [0, 0.05) is 6.04 Å². The molecule has 112 valence electrons. The summed E-state index contributed by atoms with van der Waals surface area (Å²) in [6.45, 7) is 1.00. The van der Waals surface area contributed by atoms with Crippen LogP contribution >= 0.6 is 0 Å². The van der Waals surface area contributed by atoms with Crippen molar-refractivity contribution in [2.75, 3.05) is 6.54 Å². The van der Waals surface area contributed by atoms with Gasteiger partial charge in [0.05, 0.1) is 6.10 Å². The molecule has 2 heteroatoms. The minimum atomic E-state index is -0.462. The highest BCUT2D eigenvalue weighted by Crippen LogP contribution is 2.35. The molecule has 0 aromatic heterocycles. The quantitative estimate of drug-likeness (QED) is 0.695. The summed E-state index contributed by atoms with van der Waals surface area (Å²) in [4.78, 5) is 0. The van der Waals surface area contributed by atoms with Crippen molar-refractivity contribution < 1.29 is 5.11 Å². The van der Waals surface area contributed by atoms with Crippen molar-refractivity contribution in [1.82, 2.24) is 5.32 Å². The molecule has 0 amide bonds. The van der Waals surface area contributed by atoms with E-state index in [0.29, 0.717) is 0 Å². The van der Waals surface area contributed by atoms with Gasteiger partial charge >= 0.3 is 0 Å². The fourth-order valence-corrected chi connectivity index (χ4v) is 3.72. The Morgan fingerprint density at radius 2 is 1.55 bits per heavy atom. The van der Waals surface area contributed by atoms with Crippen LogP contribution in [0.4, 0.5) is 0 Å². The summed E-state index contributed by atoms with van der Waals surface area (Å²) in [6, 6.07) is 19.1. The van der Waals surface area contributed by atoms with Crippen LogP contribution in [0.15, 0.2) is 54.6 Å². The third-order valence-electron chi connectivity index (χ3n) is 4.84. The van der Waals surface area contributed by atoms with Crippen LogP contribution in [0.5, 0.6) is 0 Å². The molecule has 0 aliphatic carbocycles. The minimum absolute atomic E-state index is 0.156. The van der Waals surface area contributed by atoms with E-state index in [1.165, 1.54) is 34.4 Å². The molecule has 3 aromatic rings. The highest BCUT2D eigenvalue weighted by atomic mass is 16.3. The second-order valence-corrected chi connectivity index (χ2v) is 6.23. The van der Waals surface area contributed by atoms with E-state index in [1.54, 1.807) is 0 Å². The lowest BCUT2D eigenvalue weighted by Gasteiger charge is -2.29. The van der Waals surface area contributed by atoms with Gasteiger partial charge in [-0.05, 0) is 52.6 Å². The Morgan fingerprint density at radius 3 is 2.14 bits per heavy atom. The van der Waals surface area contributed by atoms with Crippen molar-refractivity contribution in [2.24, 2.45) is 0 Å². The Hall–Kier alpha value is -1.90. The lowest BCUT2D eigenvalue weighted by molar-refractivity contribution is 0.116. The van der Waals surface area contributed by atoms with Gasteiger partial charge in [0.1, 0.15) is 0 Å². The van der Waals surface area contributed by atoms with Crippen LogP contribution in [0.25, 0.3) is 21.5 Å². The zero-order valence-corrected chi connectivity index (χ0v) is 12.6. The number of fused-ring (bicyclic) bond motifs is 2. The maximum atomic E-state index is 11.1. The largest absolute Gasteiger partial charge is 0.387 e. The van der Waals surface area contributed by atoms with Gasteiger partial charge in [0.25, 0.3) is 0 Å².